The molecule has 1 heterocycles. The van der Waals surface area contributed by atoms with Crippen LogP contribution in [-0.4, -0.2) is 96.5 Å². The minimum atomic E-state index is -3.93. The van der Waals surface area contributed by atoms with Crippen LogP contribution in [0.3, 0.4) is 0 Å². The molecule has 226 valence electrons. The summed E-state index contributed by atoms with van der Waals surface area (Å²) in [5, 5.41) is 9.10. The van der Waals surface area contributed by atoms with E-state index in [1.807, 2.05) is 5.32 Å². The number of nitrogens with zero attached hydrogens (tertiary/aromatic N) is 1. The number of carbonyl (C=O) groups is 7. The summed E-state index contributed by atoms with van der Waals surface area (Å²) in [5.74, 6) is -10.2. The maximum Gasteiger partial charge on any atom is 0.324 e. The fourth-order valence-electron chi connectivity index (χ4n) is 3.98. The van der Waals surface area contributed by atoms with Crippen LogP contribution in [0.1, 0.15) is 60.3 Å². The van der Waals surface area contributed by atoms with Gasteiger partial charge in [0.25, 0.3) is 0 Å². The van der Waals surface area contributed by atoms with Crippen LogP contribution in [0.4, 0.5) is 8.78 Å². The zero-order chi connectivity index (χ0) is 30.8. The van der Waals surface area contributed by atoms with Crippen molar-refractivity contribution in [1.29, 1.82) is 0 Å². The molecule has 1 aliphatic heterocycles. The number of likely N-dealkylation sites (tertiary alicyclic amines) is 1. The van der Waals surface area contributed by atoms with Crippen molar-refractivity contribution in [3.05, 3.63) is 0 Å². The van der Waals surface area contributed by atoms with Crippen molar-refractivity contribution in [2.24, 2.45) is 5.92 Å². The molecule has 15 heteroatoms. The second kappa shape index (κ2) is 15.2. The number of esters is 1. The summed E-state index contributed by atoms with van der Waals surface area (Å²) in [6, 6.07) is -4.76. The number of halogens is 2. The number of Topliss-reactive ketones (excluding diaryl/α,β-unsaturated/α-hetero) is 1. The van der Waals surface area contributed by atoms with E-state index in [2.05, 4.69) is 20.7 Å². The fraction of sp³-hybridized carbons (Fsp3) is 0.720. The smallest absolute Gasteiger partial charge is 0.324 e. The Bertz CT molecular complexity index is 990. The molecule has 0 aromatic carbocycles. The Hall–Kier alpha value is -3.65. The molecule has 0 unspecified atom stereocenters. The molecule has 0 radical (unpaired) electrons. The molecule has 1 aliphatic rings. The Morgan fingerprint density at radius 2 is 1.57 bits per heavy atom. The van der Waals surface area contributed by atoms with Gasteiger partial charge in [0, 0.05) is 19.9 Å². The average Bonchev–Trinajstić information content (AvgIpc) is 3.38. The molecular weight excluding hydrogens is 536 g/mol. The number of amides is 5. The lowest BCUT2D eigenvalue weighted by molar-refractivity contribution is -0.149. The maximum absolute atomic E-state index is 14.4. The van der Waals surface area contributed by atoms with Crippen LogP contribution in [0.15, 0.2) is 0 Å². The fourth-order valence-corrected chi connectivity index (χ4v) is 3.98. The summed E-state index contributed by atoms with van der Waals surface area (Å²) in [5.41, 5.74) is 0. The number of rotatable bonds is 14. The first-order valence-corrected chi connectivity index (χ1v) is 13.0. The van der Waals surface area contributed by atoms with Crippen LogP contribution in [0, 0.1) is 5.92 Å². The lowest BCUT2D eigenvalue weighted by atomic mass is 9.95. The number of nitrogens with one attached hydrogen (secondary N) is 4. The van der Waals surface area contributed by atoms with Gasteiger partial charge in [-0.2, -0.15) is 8.78 Å². The molecule has 4 atom stereocenters. The first-order valence-electron chi connectivity index (χ1n) is 13.0. The van der Waals surface area contributed by atoms with E-state index in [0.717, 1.165) is 6.92 Å². The van der Waals surface area contributed by atoms with E-state index >= 15 is 0 Å². The SMILES string of the molecule is COC(=O)CCC(=O)N[C@@H](C)C(=O)N[C@@H](C)C(=O)N1CCC[C@H]1C(=O)N[C@H](C(=O)C(F)(F)CNC(C)=O)C(C)C. The lowest BCUT2D eigenvalue weighted by Gasteiger charge is -2.31. The van der Waals surface area contributed by atoms with E-state index in [9.17, 15) is 42.3 Å². The summed E-state index contributed by atoms with van der Waals surface area (Å²) >= 11 is 0. The van der Waals surface area contributed by atoms with Gasteiger partial charge in [-0.05, 0) is 32.6 Å². The van der Waals surface area contributed by atoms with Gasteiger partial charge in [-0.3, -0.25) is 33.6 Å². The van der Waals surface area contributed by atoms with Crippen LogP contribution in [0.5, 0.6) is 0 Å². The molecule has 0 saturated carbocycles. The van der Waals surface area contributed by atoms with Crippen molar-refractivity contribution < 1.29 is 47.1 Å². The van der Waals surface area contributed by atoms with Gasteiger partial charge in [-0.15, -0.1) is 0 Å². The molecular formula is C25H39F2N5O8. The molecule has 1 rings (SSSR count). The van der Waals surface area contributed by atoms with Gasteiger partial charge >= 0.3 is 11.9 Å². The molecule has 0 aliphatic carbocycles. The number of hydrogen-bond donors (Lipinski definition) is 4. The summed E-state index contributed by atoms with van der Waals surface area (Å²) < 4.78 is 33.3. The van der Waals surface area contributed by atoms with Gasteiger partial charge in [-0.1, -0.05) is 13.8 Å². The largest absolute Gasteiger partial charge is 0.469 e. The van der Waals surface area contributed by atoms with E-state index < -0.39 is 83.8 Å². The number of hydrogen-bond acceptors (Lipinski definition) is 8. The number of methoxy groups -OCH3 is 1. The summed E-state index contributed by atoms with van der Waals surface area (Å²) in [6.45, 7) is 5.71. The van der Waals surface area contributed by atoms with Crippen LogP contribution in [0.2, 0.25) is 0 Å². The quantitative estimate of drug-likeness (QED) is 0.199. The molecule has 5 amide bonds. The van der Waals surface area contributed by atoms with Gasteiger partial charge in [0.2, 0.25) is 35.3 Å². The first-order chi connectivity index (χ1) is 18.5. The van der Waals surface area contributed by atoms with Crippen LogP contribution >= 0.6 is 0 Å². The average molecular weight is 576 g/mol. The van der Waals surface area contributed by atoms with Crippen molar-refractivity contribution in [1.82, 2.24) is 26.2 Å². The lowest BCUT2D eigenvalue weighted by Crippen LogP contribution is -2.59. The van der Waals surface area contributed by atoms with E-state index in [4.69, 9.17) is 0 Å². The second-order valence-corrected chi connectivity index (χ2v) is 9.99. The molecule has 0 spiro atoms. The Balaban J connectivity index is 2.81. The zero-order valence-electron chi connectivity index (χ0n) is 23.6. The standard InChI is InChI=1S/C25H39F2N5O8/c1-13(2)20(21(36)25(26,27)12-28-16(5)33)31-23(38)17-8-7-11-32(17)24(39)15(4)30-22(37)14(3)29-18(34)9-10-19(35)40-6/h13-15,17,20H,7-12H2,1-6H3,(H,28,33)(H,29,34)(H,30,37)(H,31,38)/t14-,15-,17-,20-/m0/s1. The van der Waals surface area contributed by atoms with E-state index in [1.165, 1.54) is 39.7 Å². The Kier molecular flexibility index (Phi) is 13.1. The highest BCUT2D eigenvalue weighted by Crippen LogP contribution is 2.22. The number of ketones is 1. The Morgan fingerprint density at radius 1 is 0.950 bits per heavy atom. The van der Waals surface area contributed by atoms with E-state index in [1.54, 1.807) is 0 Å². The summed E-state index contributed by atoms with van der Waals surface area (Å²) in [7, 11) is 1.18. The molecule has 0 aromatic heterocycles. The zero-order valence-corrected chi connectivity index (χ0v) is 23.6. The highest BCUT2D eigenvalue weighted by Gasteiger charge is 2.46. The molecule has 1 fully saturated rings. The van der Waals surface area contributed by atoms with Crippen molar-refractivity contribution in [2.45, 2.75) is 90.4 Å². The normalized spacial score (nSPS) is 17.3. The van der Waals surface area contributed by atoms with Crippen molar-refractivity contribution in [2.75, 3.05) is 20.2 Å². The van der Waals surface area contributed by atoms with Crippen LogP contribution in [-0.2, 0) is 38.3 Å². The first kappa shape index (κ1) is 34.4. The van der Waals surface area contributed by atoms with Gasteiger partial charge < -0.3 is 30.9 Å². The van der Waals surface area contributed by atoms with Crippen molar-refractivity contribution in [3.63, 3.8) is 0 Å². The molecule has 40 heavy (non-hydrogen) atoms. The van der Waals surface area contributed by atoms with Gasteiger partial charge in [0.1, 0.15) is 18.1 Å². The molecule has 1 saturated heterocycles. The number of ether oxygens (including phenoxy) is 1. The summed E-state index contributed by atoms with van der Waals surface area (Å²) in [6.07, 6.45) is 0.283. The molecule has 0 bridgehead atoms. The third kappa shape index (κ3) is 10.2. The highest BCUT2D eigenvalue weighted by atomic mass is 19.3. The minimum Gasteiger partial charge on any atom is -0.469 e. The molecule has 0 aromatic rings. The topological polar surface area (TPSA) is 180 Å². The van der Waals surface area contributed by atoms with Gasteiger partial charge in [0.15, 0.2) is 0 Å². The minimum absolute atomic E-state index is 0.163. The number of carbonyl (C=O) groups excluding carboxylic acids is 7. The summed E-state index contributed by atoms with van der Waals surface area (Å²) in [4.78, 5) is 86.5. The van der Waals surface area contributed by atoms with Gasteiger partial charge in [0.05, 0.1) is 26.1 Å². The van der Waals surface area contributed by atoms with Crippen molar-refractivity contribution in [3.8, 4) is 0 Å². The molecule has 13 nitrogen and oxygen atoms in total. The van der Waals surface area contributed by atoms with Gasteiger partial charge in [-0.25, -0.2) is 0 Å². The highest BCUT2D eigenvalue weighted by molar-refractivity contribution is 5.98. The van der Waals surface area contributed by atoms with Crippen LogP contribution in [0.25, 0.3) is 0 Å². The molecule has 4 N–H and O–H groups in total. The Morgan fingerprint density at radius 3 is 2.12 bits per heavy atom. The number of alkyl halides is 2. The maximum atomic E-state index is 14.4. The van der Waals surface area contributed by atoms with Crippen molar-refractivity contribution >= 4 is 41.3 Å². The van der Waals surface area contributed by atoms with E-state index in [-0.39, 0.29) is 25.8 Å². The third-order valence-electron chi connectivity index (χ3n) is 6.29. The predicted octanol–water partition coefficient (Wildman–Crippen LogP) is -0.579. The second-order valence-electron chi connectivity index (χ2n) is 9.99. The Labute approximate surface area is 231 Å². The third-order valence-corrected chi connectivity index (χ3v) is 6.29. The van der Waals surface area contributed by atoms with E-state index in [0.29, 0.717) is 6.42 Å². The monoisotopic (exact) mass is 575 g/mol. The predicted molar refractivity (Wildman–Crippen MR) is 137 cm³/mol. The van der Waals surface area contributed by atoms with Crippen LogP contribution < -0.4 is 21.3 Å².